The van der Waals surface area contributed by atoms with Gasteiger partial charge in [0.1, 0.15) is 0 Å². The van der Waals surface area contributed by atoms with Crippen LogP contribution >= 0.6 is 11.6 Å². The van der Waals surface area contributed by atoms with Gasteiger partial charge in [0.15, 0.2) is 0 Å². The molecule has 4 N–H and O–H groups in total. The molecule has 0 radical (unpaired) electrons. The Balaban J connectivity index is 2.15. The largest absolute Gasteiger partial charge is 0.397 e. The Morgan fingerprint density at radius 2 is 2.05 bits per heavy atom. The Morgan fingerprint density at radius 3 is 2.62 bits per heavy atom. The fourth-order valence-electron chi connectivity index (χ4n) is 2.16. The Kier molecular flexibility index (Phi) is 4.79. The van der Waals surface area contributed by atoms with Crippen molar-refractivity contribution in [3.8, 4) is 0 Å². The van der Waals surface area contributed by atoms with E-state index in [1.165, 1.54) is 12.1 Å². The van der Waals surface area contributed by atoms with Crippen molar-refractivity contribution >= 4 is 27.3 Å². The van der Waals surface area contributed by atoms with E-state index < -0.39 is 15.6 Å². The molecule has 2 rings (SSSR count). The summed E-state index contributed by atoms with van der Waals surface area (Å²) < 4.78 is 32.1. The van der Waals surface area contributed by atoms with Crippen molar-refractivity contribution < 1.29 is 18.3 Å². The van der Waals surface area contributed by atoms with Crippen LogP contribution in [0.3, 0.4) is 0 Å². The van der Waals surface area contributed by atoms with E-state index in [0.717, 1.165) is 0 Å². The van der Waals surface area contributed by atoms with Crippen LogP contribution < -0.4 is 10.5 Å². The highest BCUT2D eigenvalue weighted by Gasteiger charge is 2.31. The van der Waals surface area contributed by atoms with Crippen LogP contribution in [0.1, 0.15) is 18.4 Å². The van der Waals surface area contributed by atoms with Crippen LogP contribution in [0, 0.1) is 6.92 Å². The average molecular weight is 335 g/mol. The second kappa shape index (κ2) is 6.10. The van der Waals surface area contributed by atoms with Gasteiger partial charge in [-0.3, -0.25) is 0 Å². The number of rotatable bonds is 4. The molecule has 0 atom stereocenters. The quantitative estimate of drug-likeness (QED) is 0.714. The maximum Gasteiger partial charge on any atom is 0.240 e. The highest BCUT2D eigenvalue weighted by atomic mass is 35.5. The van der Waals surface area contributed by atoms with Crippen molar-refractivity contribution in [2.24, 2.45) is 0 Å². The van der Waals surface area contributed by atoms with Gasteiger partial charge in [-0.15, -0.1) is 0 Å². The molecular weight excluding hydrogens is 316 g/mol. The first-order chi connectivity index (χ1) is 9.73. The van der Waals surface area contributed by atoms with Crippen molar-refractivity contribution in [1.29, 1.82) is 0 Å². The summed E-state index contributed by atoms with van der Waals surface area (Å²) >= 11 is 5.93. The van der Waals surface area contributed by atoms with Gasteiger partial charge < -0.3 is 15.6 Å². The molecule has 6 nitrogen and oxygen atoms in total. The van der Waals surface area contributed by atoms with Crippen LogP contribution in [0.15, 0.2) is 17.0 Å². The summed E-state index contributed by atoms with van der Waals surface area (Å²) in [4.78, 5) is 0.0394. The third kappa shape index (κ3) is 3.87. The van der Waals surface area contributed by atoms with E-state index in [0.29, 0.717) is 36.6 Å². The fraction of sp³-hybridized carbons (Fsp3) is 0.538. The Bertz CT molecular complexity index is 604. The Morgan fingerprint density at radius 1 is 1.43 bits per heavy atom. The van der Waals surface area contributed by atoms with Crippen molar-refractivity contribution in [2.75, 3.05) is 25.5 Å². The van der Waals surface area contributed by atoms with Gasteiger partial charge in [-0.2, -0.15) is 0 Å². The van der Waals surface area contributed by atoms with E-state index >= 15 is 0 Å². The van der Waals surface area contributed by atoms with E-state index in [4.69, 9.17) is 22.1 Å². The smallest absolute Gasteiger partial charge is 0.240 e. The Hall–Kier alpha value is -0.860. The van der Waals surface area contributed by atoms with Crippen LogP contribution in [-0.2, 0) is 14.8 Å². The number of anilines is 1. The zero-order chi connectivity index (χ0) is 15.7. The predicted octanol–water partition coefficient (Wildman–Crippen LogP) is 1.05. The first-order valence-electron chi connectivity index (χ1n) is 6.59. The normalized spacial score (nSPS) is 18.6. The SMILES string of the molecule is Cc1cc(S(=O)(=O)NCC2(O)CCOCC2)cc(N)c1Cl. The molecule has 0 saturated carbocycles. The van der Waals surface area contributed by atoms with Crippen LogP contribution in [0.4, 0.5) is 5.69 Å². The minimum absolute atomic E-state index is 0.0394. The standard InChI is InChI=1S/C13H19ClN2O4S/c1-9-6-10(7-11(15)12(9)14)21(18,19)16-8-13(17)2-4-20-5-3-13/h6-7,16-17H,2-5,8,15H2,1H3. The molecule has 0 aliphatic carbocycles. The van der Waals surface area contributed by atoms with Gasteiger partial charge in [0.2, 0.25) is 10.0 Å². The number of nitrogen functional groups attached to an aromatic ring is 1. The molecular formula is C13H19ClN2O4S. The summed E-state index contributed by atoms with van der Waals surface area (Å²) in [5, 5.41) is 10.6. The van der Waals surface area contributed by atoms with E-state index in [-0.39, 0.29) is 17.1 Å². The monoisotopic (exact) mass is 334 g/mol. The predicted molar refractivity (Wildman–Crippen MR) is 80.8 cm³/mol. The molecule has 0 bridgehead atoms. The number of halogens is 1. The summed E-state index contributed by atoms with van der Waals surface area (Å²) in [5.41, 5.74) is 5.42. The number of aryl methyl sites for hydroxylation is 1. The lowest BCUT2D eigenvalue weighted by Gasteiger charge is -2.32. The molecule has 21 heavy (non-hydrogen) atoms. The Labute approximate surface area is 129 Å². The number of hydrogen-bond donors (Lipinski definition) is 3. The summed E-state index contributed by atoms with van der Waals surface area (Å²) in [6, 6.07) is 2.76. The van der Waals surface area contributed by atoms with Crippen molar-refractivity contribution in [2.45, 2.75) is 30.3 Å². The van der Waals surface area contributed by atoms with Crippen molar-refractivity contribution in [1.82, 2.24) is 4.72 Å². The number of sulfonamides is 1. The molecule has 0 amide bonds. The molecule has 1 aliphatic rings. The zero-order valence-corrected chi connectivity index (χ0v) is 13.3. The molecule has 1 aromatic rings. The lowest BCUT2D eigenvalue weighted by atomic mass is 9.95. The molecule has 1 fully saturated rings. The topological polar surface area (TPSA) is 102 Å². The third-order valence-corrected chi connectivity index (χ3v) is 5.48. The maximum atomic E-state index is 12.3. The van der Waals surface area contributed by atoms with E-state index in [1.807, 2.05) is 0 Å². The maximum absolute atomic E-state index is 12.3. The summed E-state index contributed by atoms with van der Waals surface area (Å²) in [6.45, 7) is 2.47. The molecule has 1 aliphatic heterocycles. The molecule has 1 aromatic carbocycles. The van der Waals surface area contributed by atoms with Gasteiger partial charge in [-0.1, -0.05) is 11.6 Å². The van der Waals surface area contributed by atoms with Gasteiger partial charge in [0.05, 0.1) is 21.2 Å². The molecule has 8 heteroatoms. The number of hydrogen-bond acceptors (Lipinski definition) is 5. The zero-order valence-electron chi connectivity index (χ0n) is 11.7. The minimum atomic E-state index is -3.75. The summed E-state index contributed by atoms with van der Waals surface area (Å²) in [5.74, 6) is 0. The summed E-state index contributed by atoms with van der Waals surface area (Å²) in [6.07, 6.45) is 0.800. The molecule has 118 valence electrons. The third-order valence-electron chi connectivity index (χ3n) is 3.58. The van der Waals surface area contributed by atoms with Gasteiger partial charge in [0, 0.05) is 32.6 Å². The molecule has 1 heterocycles. The summed E-state index contributed by atoms with van der Waals surface area (Å²) in [7, 11) is -3.75. The van der Waals surface area contributed by atoms with E-state index in [1.54, 1.807) is 6.92 Å². The van der Waals surface area contributed by atoms with Crippen molar-refractivity contribution in [3.05, 3.63) is 22.7 Å². The fourth-order valence-corrected chi connectivity index (χ4v) is 3.51. The van der Waals surface area contributed by atoms with Crippen LogP contribution in [-0.4, -0.2) is 38.9 Å². The lowest BCUT2D eigenvalue weighted by molar-refractivity contribution is -0.0588. The minimum Gasteiger partial charge on any atom is -0.397 e. The number of benzene rings is 1. The number of nitrogens with one attached hydrogen (secondary N) is 1. The molecule has 0 aromatic heterocycles. The van der Waals surface area contributed by atoms with Gasteiger partial charge in [0.25, 0.3) is 0 Å². The highest BCUT2D eigenvalue weighted by molar-refractivity contribution is 7.89. The average Bonchev–Trinajstić information content (AvgIpc) is 2.43. The molecule has 1 saturated heterocycles. The van der Waals surface area contributed by atoms with E-state index in [9.17, 15) is 13.5 Å². The molecule has 0 spiro atoms. The first kappa shape index (κ1) is 16.5. The van der Waals surface area contributed by atoms with Gasteiger partial charge in [-0.05, 0) is 24.6 Å². The second-order valence-electron chi connectivity index (χ2n) is 5.30. The van der Waals surface area contributed by atoms with E-state index in [2.05, 4.69) is 4.72 Å². The van der Waals surface area contributed by atoms with Crippen molar-refractivity contribution in [3.63, 3.8) is 0 Å². The highest BCUT2D eigenvalue weighted by Crippen LogP contribution is 2.27. The second-order valence-corrected chi connectivity index (χ2v) is 7.45. The van der Waals surface area contributed by atoms with Crippen LogP contribution in [0.25, 0.3) is 0 Å². The lowest BCUT2D eigenvalue weighted by Crippen LogP contribution is -2.46. The number of ether oxygens (including phenoxy) is 1. The van der Waals surface area contributed by atoms with Gasteiger partial charge in [-0.25, -0.2) is 13.1 Å². The number of nitrogens with two attached hydrogens (primary N) is 1. The van der Waals surface area contributed by atoms with Crippen LogP contribution in [0.5, 0.6) is 0 Å². The van der Waals surface area contributed by atoms with Gasteiger partial charge >= 0.3 is 0 Å². The number of aliphatic hydroxyl groups is 1. The first-order valence-corrected chi connectivity index (χ1v) is 8.45. The molecule has 0 unspecified atom stereocenters. The van der Waals surface area contributed by atoms with Crippen LogP contribution in [0.2, 0.25) is 5.02 Å².